The van der Waals surface area contributed by atoms with E-state index >= 15 is 0 Å². The van der Waals surface area contributed by atoms with Gasteiger partial charge in [0.2, 0.25) is 0 Å². The minimum atomic E-state index is 0.738. The third-order valence-electron chi connectivity index (χ3n) is 2.68. The van der Waals surface area contributed by atoms with Crippen LogP contribution in [0, 0.1) is 0 Å². The summed E-state index contributed by atoms with van der Waals surface area (Å²) in [5, 5.41) is 0. The van der Waals surface area contributed by atoms with Crippen molar-refractivity contribution in [3.8, 4) is 0 Å². The largest absolute Gasteiger partial charge is 0.288 e. The summed E-state index contributed by atoms with van der Waals surface area (Å²) in [6, 6.07) is 0. The van der Waals surface area contributed by atoms with Crippen LogP contribution in [0.15, 0.2) is 0 Å². The van der Waals surface area contributed by atoms with Gasteiger partial charge in [-0.3, -0.25) is 9.80 Å². The second-order valence-corrected chi connectivity index (χ2v) is 3.41. The average Bonchev–Trinajstić information content (AvgIpc) is 2.65. The van der Waals surface area contributed by atoms with Crippen molar-refractivity contribution in [1.82, 2.24) is 9.80 Å². The fourth-order valence-corrected chi connectivity index (χ4v) is 1.78. The minimum Gasteiger partial charge on any atom is -0.288 e. The first-order chi connectivity index (χ1) is 4.88. The lowest BCUT2D eigenvalue weighted by Crippen LogP contribution is -2.35. The Morgan fingerprint density at radius 2 is 1.40 bits per heavy atom. The summed E-state index contributed by atoms with van der Waals surface area (Å²) in [5.41, 5.74) is 0. The molecule has 1 unspecified atom stereocenters. The summed E-state index contributed by atoms with van der Waals surface area (Å²) in [5.74, 6) is 0. The highest BCUT2D eigenvalue weighted by atomic mass is 15.4. The van der Waals surface area contributed by atoms with Crippen LogP contribution in [-0.2, 0) is 0 Å². The Bertz CT molecular complexity index is 114. The van der Waals surface area contributed by atoms with Crippen LogP contribution >= 0.6 is 0 Å². The van der Waals surface area contributed by atoms with Gasteiger partial charge < -0.3 is 0 Å². The molecular formula is C8H16N2. The second kappa shape index (κ2) is 2.51. The van der Waals surface area contributed by atoms with Gasteiger partial charge in [-0.15, -0.1) is 0 Å². The predicted octanol–water partition coefficient (Wildman–Crippen LogP) is 0.744. The molecule has 0 spiro atoms. The normalized spacial score (nSPS) is 30.9. The maximum absolute atomic E-state index is 2.59. The Labute approximate surface area is 62.8 Å². The van der Waals surface area contributed by atoms with Gasteiger partial charge in [0.05, 0.1) is 6.17 Å². The van der Waals surface area contributed by atoms with Crippen molar-refractivity contribution in [2.45, 2.75) is 25.9 Å². The van der Waals surface area contributed by atoms with E-state index in [1.54, 1.807) is 0 Å². The van der Waals surface area contributed by atoms with Crippen LogP contribution in [0.4, 0.5) is 0 Å². The molecule has 0 amide bonds. The smallest absolute Gasteiger partial charge is 0.0594 e. The predicted molar refractivity (Wildman–Crippen MR) is 41.8 cm³/mol. The van der Waals surface area contributed by atoms with Gasteiger partial charge in [0.1, 0.15) is 0 Å². The Morgan fingerprint density at radius 3 is 1.90 bits per heavy atom. The van der Waals surface area contributed by atoms with Crippen LogP contribution in [0.2, 0.25) is 0 Å². The molecule has 0 aliphatic carbocycles. The fourth-order valence-electron chi connectivity index (χ4n) is 1.78. The molecule has 0 bridgehead atoms. The highest BCUT2D eigenvalue weighted by Gasteiger charge is 2.29. The summed E-state index contributed by atoms with van der Waals surface area (Å²) in [6.07, 6.45) is 3.57. The highest BCUT2D eigenvalue weighted by Crippen LogP contribution is 2.18. The van der Waals surface area contributed by atoms with Crippen molar-refractivity contribution in [2.75, 3.05) is 26.2 Å². The number of hydrogen-bond acceptors (Lipinski definition) is 2. The monoisotopic (exact) mass is 140 g/mol. The van der Waals surface area contributed by atoms with Gasteiger partial charge >= 0.3 is 0 Å². The van der Waals surface area contributed by atoms with Gasteiger partial charge in [-0.2, -0.15) is 0 Å². The molecule has 2 heterocycles. The lowest BCUT2D eigenvalue weighted by Gasteiger charge is -2.24. The molecule has 58 valence electrons. The van der Waals surface area contributed by atoms with Gasteiger partial charge in [-0.25, -0.2) is 0 Å². The summed E-state index contributed by atoms with van der Waals surface area (Å²) < 4.78 is 0. The zero-order chi connectivity index (χ0) is 6.97. The third kappa shape index (κ3) is 1.18. The molecule has 2 saturated heterocycles. The average molecular weight is 140 g/mol. The summed E-state index contributed by atoms with van der Waals surface area (Å²) >= 11 is 0. The first kappa shape index (κ1) is 6.62. The van der Waals surface area contributed by atoms with Crippen LogP contribution in [0.5, 0.6) is 0 Å². The van der Waals surface area contributed by atoms with E-state index in [4.69, 9.17) is 0 Å². The van der Waals surface area contributed by atoms with E-state index < -0.39 is 0 Å². The first-order valence-corrected chi connectivity index (χ1v) is 4.36. The van der Waals surface area contributed by atoms with E-state index in [9.17, 15) is 0 Å². The van der Waals surface area contributed by atoms with Crippen LogP contribution < -0.4 is 0 Å². The molecule has 2 aliphatic heterocycles. The molecule has 2 fully saturated rings. The van der Waals surface area contributed by atoms with Crippen LogP contribution in [0.3, 0.4) is 0 Å². The number of likely N-dealkylation sites (tertiary alicyclic amines) is 1. The van der Waals surface area contributed by atoms with Crippen molar-refractivity contribution in [1.29, 1.82) is 0 Å². The molecule has 0 aromatic heterocycles. The lowest BCUT2D eigenvalue weighted by atomic mass is 10.4. The van der Waals surface area contributed by atoms with Crippen molar-refractivity contribution in [3.63, 3.8) is 0 Å². The summed E-state index contributed by atoms with van der Waals surface area (Å²) in [6.45, 7) is 7.66. The van der Waals surface area contributed by atoms with Crippen molar-refractivity contribution >= 4 is 0 Å². The fraction of sp³-hybridized carbons (Fsp3) is 1.00. The zero-order valence-electron chi connectivity index (χ0n) is 6.71. The Kier molecular flexibility index (Phi) is 1.66. The Balaban J connectivity index is 1.84. The van der Waals surface area contributed by atoms with Gasteiger partial charge in [0.15, 0.2) is 0 Å². The Hall–Kier alpha value is -0.0800. The maximum Gasteiger partial charge on any atom is 0.0594 e. The molecule has 2 heteroatoms. The molecule has 0 aromatic rings. The van der Waals surface area contributed by atoms with Gasteiger partial charge in [-0.1, -0.05) is 0 Å². The molecule has 1 atom stereocenters. The molecule has 0 aromatic carbocycles. The van der Waals surface area contributed by atoms with Crippen molar-refractivity contribution in [3.05, 3.63) is 0 Å². The molecule has 0 saturated carbocycles. The zero-order valence-corrected chi connectivity index (χ0v) is 6.71. The van der Waals surface area contributed by atoms with Gasteiger partial charge in [-0.05, 0) is 32.9 Å². The number of nitrogens with zero attached hydrogens (tertiary/aromatic N) is 2. The standard InChI is InChI=1S/C8H16N2/c1-8(10-6-7-10)9-4-2-3-5-9/h8H,2-7H2,1H3. The van der Waals surface area contributed by atoms with E-state index in [-0.39, 0.29) is 0 Å². The summed E-state index contributed by atoms with van der Waals surface area (Å²) in [4.78, 5) is 5.11. The van der Waals surface area contributed by atoms with E-state index in [1.807, 2.05) is 0 Å². The second-order valence-electron chi connectivity index (χ2n) is 3.41. The van der Waals surface area contributed by atoms with Crippen LogP contribution in [0.1, 0.15) is 19.8 Å². The lowest BCUT2D eigenvalue weighted by molar-refractivity contribution is 0.164. The molecule has 2 rings (SSSR count). The molecule has 0 N–H and O–H groups in total. The molecule has 0 radical (unpaired) electrons. The highest BCUT2D eigenvalue weighted by molar-refractivity contribution is 4.81. The van der Waals surface area contributed by atoms with Crippen molar-refractivity contribution in [2.24, 2.45) is 0 Å². The number of rotatable bonds is 2. The van der Waals surface area contributed by atoms with E-state index in [2.05, 4.69) is 16.7 Å². The molecular weight excluding hydrogens is 124 g/mol. The van der Waals surface area contributed by atoms with Gasteiger partial charge in [0.25, 0.3) is 0 Å². The maximum atomic E-state index is 2.59. The third-order valence-corrected chi connectivity index (χ3v) is 2.68. The quantitative estimate of drug-likeness (QED) is 0.522. The van der Waals surface area contributed by atoms with E-state index in [0.717, 1.165) is 6.17 Å². The van der Waals surface area contributed by atoms with Gasteiger partial charge in [0, 0.05) is 13.1 Å². The first-order valence-electron chi connectivity index (χ1n) is 4.36. The van der Waals surface area contributed by atoms with E-state index in [0.29, 0.717) is 0 Å². The van der Waals surface area contributed by atoms with Crippen LogP contribution in [-0.4, -0.2) is 42.1 Å². The molecule has 2 nitrogen and oxygen atoms in total. The topological polar surface area (TPSA) is 6.25 Å². The minimum absolute atomic E-state index is 0.738. The molecule has 10 heavy (non-hydrogen) atoms. The SMILES string of the molecule is CC(N1CCCC1)N1CC1. The number of hydrogen-bond donors (Lipinski definition) is 0. The summed E-state index contributed by atoms with van der Waals surface area (Å²) in [7, 11) is 0. The Morgan fingerprint density at radius 1 is 0.900 bits per heavy atom. The van der Waals surface area contributed by atoms with Crippen LogP contribution in [0.25, 0.3) is 0 Å². The van der Waals surface area contributed by atoms with E-state index in [1.165, 1.54) is 39.0 Å². The van der Waals surface area contributed by atoms with Crippen molar-refractivity contribution < 1.29 is 0 Å². The molecule has 2 aliphatic rings.